The third-order valence-electron chi connectivity index (χ3n) is 1.88. The molecular formula is C12H12O3S. The van der Waals surface area contributed by atoms with Crippen LogP contribution in [-0.4, -0.2) is 13.0 Å². The van der Waals surface area contributed by atoms with Gasteiger partial charge in [0.15, 0.2) is 0 Å². The molecule has 4 heteroatoms. The zero-order valence-corrected chi connectivity index (χ0v) is 9.38. The SMILES string of the molecule is O=[SH](=O)O.c1ccc(-c2ccccc2)cc1. The first-order chi connectivity index (χ1) is 7.70. The molecule has 0 unspecified atom stereocenters. The number of hydrogen-bond acceptors (Lipinski definition) is 2. The van der Waals surface area contributed by atoms with E-state index in [-0.39, 0.29) is 0 Å². The molecule has 0 aliphatic rings. The highest BCUT2D eigenvalue weighted by Gasteiger charge is 1.91. The third kappa shape index (κ3) is 4.72. The first kappa shape index (κ1) is 12.4. The fraction of sp³-hybridized carbons (Fsp3) is 0. The average molecular weight is 236 g/mol. The zero-order chi connectivity index (χ0) is 11.8. The summed E-state index contributed by atoms with van der Waals surface area (Å²) in [5.74, 6) is 0. The van der Waals surface area contributed by atoms with E-state index >= 15 is 0 Å². The van der Waals surface area contributed by atoms with Gasteiger partial charge in [-0.1, -0.05) is 60.7 Å². The third-order valence-corrected chi connectivity index (χ3v) is 1.88. The van der Waals surface area contributed by atoms with Crippen LogP contribution in [0.5, 0.6) is 0 Å². The second-order valence-electron chi connectivity index (χ2n) is 2.97. The standard InChI is InChI=1S/C12H10.H2O3S/c1-3-7-11(8-4-1)12-9-5-2-6-10-12;1-4(2)3/h1-10H;4H,(H,1,2,3). The summed E-state index contributed by atoms with van der Waals surface area (Å²) >= 11 is 0. The Labute approximate surface area is 96.2 Å². The predicted molar refractivity (Wildman–Crippen MR) is 64.8 cm³/mol. The Bertz CT molecular complexity index is 433. The van der Waals surface area contributed by atoms with Gasteiger partial charge in [-0.05, 0) is 11.1 Å². The molecule has 0 aliphatic heterocycles. The monoisotopic (exact) mass is 236 g/mol. The van der Waals surface area contributed by atoms with Gasteiger partial charge in [0.1, 0.15) is 0 Å². The summed E-state index contributed by atoms with van der Waals surface area (Å²) < 4.78 is 24.2. The van der Waals surface area contributed by atoms with Crippen LogP contribution < -0.4 is 0 Å². The van der Waals surface area contributed by atoms with E-state index in [1.54, 1.807) is 0 Å². The molecule has 84 valence electrons. The maximum atomic E-state index is 8.59. The Morgan fingerprint density at radius 3 is 1.19 bits per heavy atom. The summed E-state index contributed by atoms with van der Waals surface area (Å²) in [6, 6.07) is 20.8. The van der Waals surface area contributed by atoms with Crippen LogP contribution in [0.15, 0.2) is 60.7 Å². The van der Waals surface area contributed by atoms with Crippen LogP contribution in [0.1, 0.15) is 0 Å². The number of thiol groups is 1. The van der Waals surface area contributed by atoms with Crippen LogP contribution in [0.3, 0.4) is 0 Å². The predicted octanol–water partition coefficient (Wildman–Crippen LogP) is 2.42. The molecule has 0 heterocycles. The van der Waals surface area contributed by atoms with Gasteiger partial charge in [-0.25, -0.2) is 8.42 Å². The quantitative estimate of drug-likeness (QED) is 0.590. The van der Waals surface area contributed by atoms with Crippen molar-refractivity contribution in [2.75, 3.05) is 0 Å². The molecule has 0 amide bonds. The smallest absolute Gasteiger partial charge is 0.254 e. The molecule has 1 N–H and O–H groups in total. The van der Waals surface area contributed by atoms with Gasteiger partial charge in [0.2, 0.25) is 0 Å². The fourth-order valence-corrected chi connectivity index (χ4v) is 1.26. The number of hydrogen-bond donors (Lipinski definition) is 2. The van der Waals surface area contributed by atoms with Gasteiger partial charge in [-0.3, -0.25) is 4.55 Å². The highest BCUT2D eigenvalue weighted by atomic mass is 32.2. The molecule has 0 saturated carbocycles. The van der Waals surface area contributed by atoms with Gasteiger partial charge >= 0.3 is 0 Å². The van der Waals surface area contributed by atoms with Crippen molar-refractivity contribution in [3.63, 3.8) is 0 Å². The van der Waals surface area contributed by atoms with Crippen LogP contribution in [0, 0.1) is 0 Å². The molecule has 2 aromatic rings. The molecule has 2 rings (SSSR count). The Morgan fingerprint density at radius 2 is 0.938 bits per heavy atom. The van der Waals surface area contributed by atoms with Crippen molar-refractivity contribution in [3.8, 4) is 11.1 Å². The first-order valence-corrected chi connectivity index (χ1v) is 5.77. The number of rotatable bonds is 1. The lowest BCUT2D eigenvalue weighted by atomic mass is 10.1. The average Bonchev–Trinajstić information content (AvgIpc) is 2.31. The molecular weight excluding hydrogens is 224 g/mol. The second-order valence-corrected chi connectivity index (χ2v) is 3.45. The summed E-state index contributed by atoms with van der Waals surface area (Å²) in [5.41, 5.74) is 2.55. The van der Waals surface area contributed by atoms with Crippen LogP contribution in [-0.2, 0) is 11.0 Å². The maximum absolute atomic E-state index is 8.59. The summed E-state index contributed by atoms with van der Waals surface area (Å²) in [4.78, 5) is 0. The van der Waals surface area contributed by atoms with Crippen LogP contribution in [0.4, 0.5) is 0 Å². The van der Waals surface area contributed by atoms with Crippen molar-refractivity contribution in [2.24, 2.45) is 0 Å². The molecule has 3 nitrogen and oxygen atoms in total. The topological polar surface area (TPSA) is 54.4 Å². The van der Waals surface area contributed by atoms with Crippen LogP contribution in [0.2, 0.25) is 0 Å². The Hall–Kier alpha value is -1.65. The molecule has 0 spiro atoms. The maximum Gasteiger partial charge on any atom is 0.254 e. The Kier molecular flexibility index (Phi) is 5.25. The molecule has 0 aromatic heterocycles. The molecule has 0 saturated heterocycles. The van der Waals surface area contributed by atoms with Gasteiger partial charge in [-0.15, -0.1) is 0 Å². The van der Waals surface area contributed by atoms with E-state index in [4.69, 9.17) is 13.0 Å². The summed E-state index contributed by atoms with van der Waals surface area (Å²) in [7, 11) is -3.12. The van der Waals surface area contributed by atoms with E-state index in [1.165, 1.54) is 11.1 Å². The molecule has 0 atom stereocenters. The van der Waals surface area contributed by atoms with Crippen molar-refractivity contribution < 1.29 is 13.0 Å². The van der Waals surface area contributed by atoms with E-state index in [9.17, 15) is 0 Å². The van der Waals surface area contributed by atoms with E-state index < -0.39 is 11.0 Å². The molecule has 0 fully saturated rings. The Balaban J connectivity index is 0.000000280. The molecule has 16 heavy (non-hydrogen) atoms. The fourth-order valence-electron chi connectivity index (χ4n) is 1.26. The first-order valence-electron chi connectivity index (χ1n) is 4.64. The summed E-state index contributed by atoms with van der Waals surface area (Å²) in [6.45, 7) is 0. The van der Waals surface area contributed by atoms with E-state index in [0.717, 1.165) is 0 Å². The van der Waals surface area contributed by atoms with Crippen molar-refractivity contribution in [1.29, 1.82) is 0 Å². The Morgan fingerprint density at radius 1 is 0.688 bits per heavy atom. The summed E-state index contributed by atoms with van der Waals surface area (Å²) in [5, 5.41) is 0. The molecule has 0 bridgehead atoms. The van der Waals surface area contributed by atoms with Gasteiger partial charge in [0.05, 0.1) is 0 Å². The highest BCUT2D eigenvalue weighted by Crippen LogP contribution is 2.17. The normalized spacial score (nSPS) is 9.38. The van der Waals surface area contributed by atoms with Crippen molar-refractivity contribution in [2.45, 2.75) is 0 Å². The lowest BCUT2D eigenvalue weighted by molar-refractivity contribution is 0.509. The van der Waals surface area contributed by atoms with Crippen LogP contribution in [0.25, 0.3) is 11.1 Å². The van der Waals surface area contributed by atoms with Gasteiger partial charge in [0, 0.05) is 0 Å². The second kappa shape index (κ2) is 6.76. The molecule has 0 aliphatic carbocycles. The minimum Gasteiger partial charge on any atom is -0.288 e. The van der Waals surface area contributed by atoms with Crippen molar-refractivity contribution in [3.05, 3.63) is 60.7 Å². The van der Waals surface area contributed by atoms with Gasteiger partial charge in [0.25, 0.3) is 11.0 Å². The highest BCUT2D eigenvalue weighted by molar-refractivity contribution is 7.66. The minimum atomic E-state index is -3.12. The molecule has 0 radical (unpaired) electrons. The largest absolute Gasteiger partial charge is 0.288 e. The zero-order valence-electron chi connectivity index (χ0n) is 8.48. The minimum absolute atomic E-state index is 1.28. The van der Waals surface area contributed by atoms with Gasteiger partial charge in [-0.2, -0.15) is 0 Å². The lowest BCUT2D eigenvalue weighted by Crippen LogP contribution is -1.73. The van der Waals surface area contributed by atoms with Gasteiger partial charge < -0.3 is 0 Å². The van der Waals surface area contributed by atoms with E-state index in [1.807, 2.05) is 12.1 Å². The van der Waals surface area contributed by atoms with E-state index in [0.29, 0.717) is 0 Å². The van der Waals surface area contributed by atoms with Crippen LogP contribution >= 0.6 is 0 Å². The van der Waals surface area contributed by atoms with Crippen molar-refractivity contribution in [1.82, 2.24) is 0 Å². The lowest BCUT2D eigenvalue weighted by Gasteiger charge is -1.98. The number of benzene rings is 2. The van der Waals surface area contributed by atoms with E-state index in [2.05, 4.69) is 48.5 Å². The summed E-state index contributed by atoms with van der Waals surface area (Å²) in [6.07, 6.45) is 0. The van der Waals surface area contributed by atoms with Crippen molar-refractivity contribution >= 4 is 11.0 Å². The molecule has 2 aromatic carbocycles.